The van der Waals surface area contributed by atoms with Gasteiger partial charge in [0.1, 0.15) is 0 Å². The molecule has 0 fully saturated rings. The molecule has 0 radical (unpaired) electrons. The Hall–Kier alpha value is -0.0800. The largest absolute Gasteiger partial charge is 0.310 e. The number of halogens is 1. The highest BCUT2D eigenvalue weighted by Crippen LogP contribution is 1.85. The SMILES string of the molecule is CN[C@@H](C)C(=O)Cl. The van der Waals surface area contributed by atoms with Crippen molar-refractivity contribution in [2.45, 2.75) is 13.0 Å². The van der Waals surface area contributed by atoms with E-state index >= 15 is 0 Å². The molecule has 0 spiro atoms. The summed E-state index contributed by atoms with van der Waals surface area (Å²) in [6, 6.07) is -0.221. The lowest BCUT2D eigenvalue weighted by atomic mass is 10.4. The monoisotopic (exact) mass is 121 g/mol. The third-order valence-electron chi connectivity index (χ3n) is 0.773. The van der Waals surface area contributed by atoms with Crippen LogP contribution in [-0.4, -0.2) is 18.3 Å². The molecule has 42 valence electrons. The Kier molecular flexibility index (Phi) is 2.96. The molecule has 0 aromatic rings. The summed E-state index contributed by atoms with van der Waals surface area (Å²) in [5.74, 6) is 0. The third kappa shape index (κ3) is 2.60. The van der Waals surface area contributed by atoms with E-state index in [9.17, 15) is 4.79 Å². The number of rotatable bonds is 2. The summed E-state index contributed by atoms with van der Waals surface area (Å²) < 4.78 is 0. The molecule has 0 saturated carbocycles. The Balaban J connectivity index is 3.34. The van der Waals surface area contributed by atoms with Crippen LogP contribution in [0.15, 0.2) is 0 Å². The zero-order valence-electron chi connectivity index (χ0n) is 4.36. The van der Waals surface area contributed by atoms with Gasteiger partial charge in [0.25, 0.3) is 0 Å². The smallest absolute Gasteiger partial charge is 0.238 e. The molecule has 0 amide bonds. The molecule has 0 rings (SSSR count). The second-order valence-corrected chi connectivity index (χ2v) is 1.69. The quantitative estimate of drug-likeness (QED) is 0.535. The number of hydrogen-bond donors (Lipinski definition) is 1. The van der Waals surface area contributed by atoms with Crippen LogP contribution in [0.4, 0.5) is 0 Å². The Morgan fingerprint density at radius 3 is 2.29 bits per heavy atom. The van der Waals surface area contributed by atoms with E-state index in [1.807, 2.05) is 0 Å². The molecule has 1 atom stereocenters. The molecule has 0 heterocycles. The van der Waals surface area contributed by atoms with E-state index in [1.165, 1.54) is 0 Å². The van der Waals surface area contributed by atoms with Crippen molar-refractivity contribution in [3.05, 3.63) is 0 Å². The van der Waals surface area contributed by atoms with Crippen LogP contribution in [0.5, 0.6) is 0 Å². The molecule has 2 nitrogen and oxygen atoms in total. The highest BCUT2D eigenvalue weighted by atomic mass is 35.5. The van der Waals surface area contributed by atoms with Gasteiger partial charge in [0.15, 0.2) is 0 Å². The molecule has 0 bridgehead atoms. The first-order chi connectivity index (χ1) is 3.18. The highest BCUT2D eigenvalue weighted by Gasteiger charge is 2.03. The van der Waals surface area contributed by atoms with Crippen LogP contribution in [0.25, 0.3) is 0 Å². The number of hydrogen-bond acceptors (Lipinski definition) is 2. The Morgan fingerprint density at radius 1 is 1.86 bits per heavy atom. The highest BCUT2D eigenvalue weighted by molar-refractivity contribution is 6.64. The summed E-state index contributed by atoms with van der Waals surface area (Å²) in [6.45, 7) is 1.70. The predicted octanol–water partition coefficient (Wildman–Crippen LogP) is 0.360. The second kappa shape index (κ2) is 2.99. The van der Waals surface area contributed by atoms with Crippen molar-refractivity contribution in [3.8, 4) is 0 Å². The Morgan fingerprint density at radius 2 is 2.29 bits per heavy atom. The molecule has 3 heteroatoms. The van der Waals surface area contributed by atoms with Crippen LogP contribution in [-0.2, 0) is 4.79 Å². The minimum absolute atomic E-state index is 0.221. The minimum Gasteiger partial charge on any atom is -0.310 e. The van der Waals surface area contributed by atoms with Crippen molar-refractivity contribution in [2.24, 2.45) is 0 Å². The molecule has 7 heavy (non-hydrogen) atoms. The summed E-state index contributed by atoms with van der Waals surface area (Å²) >= 11 is 5.03. The van der Waals surface area contributed by atoms with Crippen LogP contribution >= 0.6 is 11.6 Å². The van der Waals surface area contributed by atoms with Gasteiger partial charge in [-0.3, -0.25) is 4.79 Å². The van der Waals surface area contributed by atoms with Gasteiger partial charge in [0.2, 0.25) is 5.24 Å². The lowest BCUT2D eigenvalue weighted by Gasteiger charge is -1.99. The van der Waals surface area contributed by atoms with E-state index in [0.717, 1.165) is 0 Å². The fraction of sp³-hybridized carbons (Fsp3) is 0.750. The van der Waals surface area contributed by atoms with E-state index < -0.39 is 0 Å². The van der Waals surface area contributed by atoms with Crippen LogP contribution < -0.4 is 5.32 Å². The van der Waals surface area contributed by atoms with E-state index in [1.54, 1.807) is 14.0 Å². The van der Waals surface area contributed by atoms with E-state index in [4.69, 9.17) is 11.6 Å². The standard InChI is InChI=1S/C4H8ClNO/c1-3(6-2)4(5)7/h3,6H,1-2H3/t3-/m0/s1. The van der Waals surface area contributed by atoms with Gasteiger partial charge < -0.3 is 5.32 Å². The molecule has 0 aliphatic carbocycles. The molecule has 0 aliphatic rings. The topological polar surface area (TPSA) is 29.1 Å². The number of carbonyl (C=O) groups is 1. The van der Waals surface area contributed by atoms with Gasteiger partial charge in [-0.25, -0.2) is 0 Å². The fourth-order valence-corrected chi connectivity index (χ4v) is 0.223. The summed E-state index contributed by atoms with van der Waals surface area (Å²) in [4.78, 5) is 10.1. The average Bonchev–Trinajstić information content (AvgIpc) is 1.65. The molecule has 0 unspecified atom stereocenters. The molecule has 0 aromatic heterocycles. The maximum Gasteiger partial charge on any atom is 0.238 e. The van der Waals surface area contributed by atoms with Gasteiger partial charge in [0.05, 0.1) is 6.04 Å². The van der Waals surface area contributed by atoms with Crippen molar-refractivity contribution in [2.75, 3.05) is 7.05 Å². The minimum atomic E-state index is -0.345. The van der Waals surface area contributed by atoms with Crippen molar-refractivity contribution in [1.82, 2.24) is 5.32 Å². The van der Waals surface area contributed by atoms with Crippen LogP contribution in [0.2, 0.25) is 0 Å². The van der Waals surface area contributed by atoms with Gasteiger partial charge >= 0.3 is 0 Å². The zero-order valence-corrected chi connectivity index (χ0v) is 5.12. The molecule has 0 aliphatic heterocycles. The summed E-state index contributed by atoms with van der Waals surface area (Å²) in [6.07, 6.45) is 0. The van der Waals surface area contributed by atoms with Gasteiger partial charge in [0, 0.05) is 0 Å². The molecular weight excluding hydrogens is 114 g/mol. The predicted molar refractivity (Wildman–Crippen MR) is 29.4 cm³/mol. The fourth-order valence-electron chi connectivity index (χ4n) is 0.113. The van der Waals surface area contributed by atoms with E-state index in [0.29, 0.717) is 0 Å². The lowest BCUT2D eigenvalue weighted by Crippen LogP contribution is -2.26. The third-order valence-corrected chi connectivity index (χ3v) is 1.10. The molecule has 1 N–H and O–H groups in total. The van der Waals surface area contributed by atoms with E-state index in [-0.39, 0.29) is 11.3 Å². The summed E-state index contributed by atoms with van der Waals surface area (Å²) in [5.41, 5.74) is 0. The maximum atomic E-state index is 10.1. The first kappa shape index (κ1) is 6.92. The average molecular weight is 122 g/mol. The second-order valence-electron chi connectivity index (χ2n) is 1.31. The van der Waals surface area contributed by atoms with Crippen LogP contribution in [0.1, 0.15) is 6.92 Å². The maximum absolute atomic E-state index is 10.1. The number of carbonyl (C=O) groups excluding carboxylic acids is 1. The summed E-state index contributed by atoms with van der Waals surface area (Å²) in [7, 11) is 1.69. The van der Waals surface area contributed by atoms with Crippen LogP contribution in [0.3, 0.4) is 0 Å². The Labute approximate surface area is 47.8 Å². The van der Waals surface area contributed by atoms with Gasteiger partial charge in [-0.2, -0.15) is 0 Å². The van der Waals surface area contributed by atoms with Crippen molar-refractivity contribution in [3.63, 3.8) is 0 Å². The Bertz CT molecular complexity index is 74.1. The summed E-state index contributed by atoms with van der Waals surface area (Å²) in [5, 5.41) is 2.34. The molecule has 0 saturated heterocycles. The van der Waals surface area contributed by atoms with Gasteiger partial charge in [-0.15, -0.1) is 0 Å². The lowest BCUT2D eigenvalue weighted by molar-refractivity contribution is -0.113. The molecule has 0 aromatic carbocycles. The first-order valence-corrected chi connectivity index (χ1v) is 2.43. The van der Waals surface area contributed by atoms with Crippen molar-refractivity contribution >= 4 is 16.8 Å². The first-order valence-electron chi connectivity index (χ1n) is 2.05. The zero-order chi connectivity index (χ0) is 5.86. The van der Waals surface area contributed by atoms with Gasteiger partial charge in [-0.1, -0.05) is 0 Å². The molecular formula is C4H8ClNO. The van der Waals surface area contributed by atoms with Crippen LogP contribution in [0, 0.1) is 0 Å². The van der Waals surface area contributed by atoms with Crippen molar-refractivity contribution < 1.29 is 4.79 Å². The number of nitrogens with one attached hydrogen (secondary N) is 1. The number of likely N-dealkylation sites (N-methyl/N-ethyl adjacent to an activating group) is 1. The van der Waals surface area contributed by atoms with Gasteiger partial charge in [-0.05, 0) is 25.6 Å². The van der Waals surface area contributed by atoms with E-state index in [2.05, 4.69) is 5.32 Å². The van der Waals surface area contributed by atoms with Crippen molar-refractivity contribution in [1.29, 1.82) is 0 Å². The normalized spacial score (nSPS) is 13.6.